The van der Waals surface area contributed by atoms with Crippen LogP contribution < -0.4 is 5.32 Å². The minimum atomic E-state index is -0.0310. The van der Waals surface area contributed by atoms with E-state index >= 15 is 0 Å². The summed E-state index contributed by atoms with van der Waals surface area (Å²) in [6.07, 6.45) is 2.67. The molecule has 0 bridgehead atoms. The number of rotatable bonds is 4. The number of nitrogens with one attached hydrogen (secondary N) is 1. The molecular formula is C20H21N5O. The smallest absolute Gasteiger partial charge is 0.221 e. The van der Waals surface area contributed by atoms with Gasteiger partial charge in [-0.15, -0.1) is 5.10 Å². The van der Waals surface area contributed by atoms with Crippen molar-refractivity contribution >= 4 is 11.6 Å². The third kappa shape index (κ3) is 3.50. The molecule has 0 saturated heterocycles. The van der Waals surface area contributed by atoms with Crippen molar-refractivity contribution in [1.29, 1.82) is 0 Å². The molecule has 1 N–H and O–H groups in total. The third-order valence-corrected chi connectivity index (χ3v) is 4.58. The first-order chi connectivity index (χ1) is 12.7. The number of para-hydroxylation sites is 1. The summed E-state index contributed by atoms with van der Waals surface area (Å²) in [6.45, 7) is 4.01. The van der Waals surface area contributed by atoms with E-state index in [0.717, 1.165) is 36.7 Å². The van der Waals surface area contributed by atoms with Crippen LogP contribution in [-0.2, 0) is 24.3 Å². The van der Waals surface area contributed by atoms with Crippen molar-refractivity contribution < 1.29 is 4.79 Å². The monoisotopic (exact) mass is 347 g/mol. The Labute approximate surface area is 152 Å². The van der Waals surface area contributed by atoms with Gasteiger partial charge in [-0.25, -0.2) is 9.67 Å². The number of fused-ring (bicyclic) bond motifs is 1. The highest BCUT2D eigenvalue weighted by Gasteiger charge is 2.20. The van der Waals surface area contributed by atoms with Crippen molar-refractivity contribution in [3.8, 4) is 5.69 Å². The van der Waals surface area contributed by atoms with Gasteiger partial charge in [-0.2, -0.15) is 0 Å². The molecule has 1 aliphatic rings. The minimum Gasteiger partial charge on any atom is -0.326 e. The van der Waals surface area contributed by atoms with Gasteiger partial charge in [-0.05, 0) is 35.7 Å². The molecule has 4 rings (SSSR count). The van der Waals surface area contributed by atoms with Crippen LogP contribution in [0.3, 0.4) is 0 Å². The number of benzene rings is 2. The molecule has 6 nitrogen and oxygen atoms in total. The Bertz CT molecular complexity index is 919. The van der Waals surface area contributed by atoms with Gasteiger partial charge in [0.2, 0.25) is 5.91 Å². The molecule has 0 atom stereocenters. The summed E-state index contributed by atoms with van der Waals surface area (Å²) in [5.74, 6) is 0.784. The molecule has 2 aromatic carbocycles. The first-order valence-corrected chi connectivity index (χ1v) is 8.76. The lowest BCUT2D eigenvalue weighted by Crippen LogP contribution is -2.31. The van der Waals surface area contributed by atoms with Gasteiger partial charge in [0, 0.05) is 25.7 Å². The zero-order valence-corrected chi connectivity index (χ0v) is 14.7. The number of aromatic nitrogens is 3. The van der Waals surface area contributed by atoms with Crippen molar-refractivity contribution in [1.82, 2.24) is 19.7 Å². The van der Waals surface area contributed by atoms with E-state index in [1.807, 2.05) is 47.1 Å². The quantitative estimate of drug-likeness (QED) is 0.788. The van der Waals surface area contributed by atoms with Crippen LogP contribution in [0.25, 0.3) is 5.69 Å². The predicted molar refractivity (Wildman–Crippen MR) is 99.9 cm³/mol. The lowest BCUT2D eigenvalue weighted by Gasteiger charge is -2.29. The van der Waals surface area contributed by atoms with Gasteiger partial charge in [0.15, 0.2) is 5.82 Å². The second-order valence-electron chi connectivity index (χ2n) is 6.53. The molecule has 0 spiro atoms. The molecule has 6 heteroatoms. The summed E-state index contributed by atoms with van der Waals surface area (Å²) >= 11 is 0. The Hall–Kier alpha value is -2.99. The van der Waals surface area contributed by atoms with Crippen LogP contribution in [0.2, 0.25) is 0 Å². The van der Waals surface area contributed by atoms with Crippen LogP contribution >= 0.6 is 0 Å². The number of carbonyl (C=O) groups excluding carboxylic acids is 1. The summed E-state index contributed by atoms with van der Waals surface area (Å²) in [4.78, 5) is 18.2. The molecule has 1 aliphatic heterocycles. The van der Waals surface area contributed by atoms with E-state index < -0.39 is 0 Å². The van der Waals surface area contributed by atoms with Gasteiger partial charge < -0.3 is 5.32 Å². The number of hydrogen-bond acceptors (Lipinski definition) is 4. The van der Waals surface area contributed by atoms with Crippen molar-refractivity contribution in [2.75, 3.05) is 11.9 Å². The van der Waals surface area contributed by atoms with E-state index in [9.17, 15) is 4.79 Å². The van der Waals surface area contributed by atoms with E-state index in [-0.39, 0.29) is 5.91 Å². The molecule has 0 fully saturated rings. The zero-order valence-electron chi connectivity index (χ0n) is 14.7. The molecule has 1 aromatic heterocycles. The van der Waals surface area contributed by atoms with E-state index in [2.05, 4.69) is 26.4 Å². The van der Waals surface area contributed by atoms with Gasteiger partial charge in [0.05, 0.1) is 12.2 Å². The molecule has 1 amide bonds. The fourth-order valence-electron chi connectivity index (χ4n) is 3.38. The van der Waals surface area contributed by atoms with Gasteiger partial charge in [-0.1, -0.05) is 30.3 Å². The maximum atomic E-state index is 11.4. The zero-order chi connectivity index (χ0) is 17.9. The van der Waals surface area contributed by atoms with Gasteiger partial charge in [-0.3, -0.25) is 9.69 Å². The molecule has 0 saturated carbocycles. The first kappa shape index (κ1) is 16.5. The van der Waals surface area contributed by atoms with Crippen LogP contribution in [-0.4, -0.2) is 32.1 Å². The largest absolute Gasteiger partial charge is 0.326 e. The summed E-state index contributed by atoms with van der Waals surface area (Å²) in [5.41, 5.74) is 4.43. The standard InChI is InChI=1S/C20H21N5O/c1-15(26)22-19-9-5-6-16-12-24(11-10-18(16)19)13-20-21-14-25(23-20)17-7-3-2-4-8-17/h2-9,14H,10-13H2,1H3,(H,22,26). The Balaban J connectivity index is 1.47. The average molecular weight is 347 g/mol. The van der Waals surface area contributed by atoms with E-state index in [4.69, 9.17) is 0 Å². The SMILES string of the molecule is CC(=O)Nc1cccc2c1CCN(Cc1ncn(-c3ccccc3)n1)C2. The highest BCUT2D eigenvalue weighted by Crippen LogP contribution is 2.26. The number of anilines is 1. The highest BCUT2D eigenvalue weighted by atomic mass is 16.1. The molecule has 0 radical (unpaired) electrons. The van der Waals surface area contributed by atoms with Crippen LogP contribution in [0.1, 0.15) is 23.9 Å². The molecule has 132 valence electrons. The Morgan fingerprint density at radius 2 is 2.00 bits per heavy atom. The fourth-order valence-corrected chi connectivity index (χ4v) is 3.38. The predicted octanol–water partition coefficient (Wildman–Crippen LogP) is 2.78. The Kier molecular flexibility index (Phi) is 4.50. The van der Waals surface area contributed by atoms with Crippen LogP contribution in [0.4, 0.5) is 5.69 Å². The fraction of sp³-hybridized carbons (Fsp3) is 0.250. The second-order valence-corrected chi connectivity index (χ2v) is 6.53. The van der Waals surface area contributed by atoms with E-state index in [1.54, 1.807) is 13.3 Å². The van der Waals surface area contributed by atoms with Gasteiger partial charge in [0.25, 0.3) is 0 Å². The summed E-state index contributed by atoms with van der Waals surface area (Å²) < 4.78 is 1.81. The van der Waals surface area contributed by atoms with Crippen LogP contribution in [0.5, 0.6) is 0 Å². The Morgan fingerprint density at radius 3 is 2.81 bits per heavy atom. The van der Waals surface area contributed by atoms with E-state index in [0.29, 0.717) is 6.54 Å². The second kappa shape index (κ2) is 7.09. The average Bonchev–Trinajstić information content (AvgIpc) is 3.10. The topological polar surface area (TPSA) is 63.1 Å². The number of carbonyl (C=O) groups is 1. The molecule has 2 heterocycles. The maximum absolute atomic E-state index is 11.4. The molecular weight excluding hydrogens is 326 g/mol. The summed E-state index contributed by atoms with van der Waals surface area (Å²) in [5, 5.41) is 7.53. The van der Waals surface area contributed by atoms with Crippen LogP contribution in [0, 0.1) is 0 Å². The molecule has 3 aromatic rings. The van der Waals surface area contributed by atoms with Crippen molar-refractivity contribution in [2.24, 2.45) is 0 Å². The molecule has 0 unspecified atom stereocenters. The van der Waals surface area contributed by atoms with Crippen LogP contribution in [0.15, 0.2) is 54.9 Å². The lowest BCUT2D eigenvalue weighted by molar-refractivity contribution is -0.114. The highest BCUT2D eigenvalue weighted by molar-refractivity contribution is 5.89. The summed E-state index contributed by atoms with van der Waals surface area (Å²) in [7, 11) is 0. The van der Waals surface area contributed by atoms with Gasteiger partial charge >= 0.3 is 0 Å². The molecule has 26 heavy (non-hydrogen) atoms. The number of amides is 1. The number of hydrogen-bond donors (Lipinski definition) is 1. The van der Waals surface area contributed by atoms with Crippen molar-refractivity contribution in [3.63, 3.8) is 0 Å². The van der Waals surface area contributed by atoms with Gasteiger partial charge in [0.1, 0.15) is 6.33 Å². The Morgan fingerprint density at radius 1 is 1.15 bits per heavy atom. The molecule has 0 aliphatic carbocycles. The number of nitrogens with zero attached hydrogens (tertiary/aromatic N) is 4. The first-order valence-electron chi connectivity index (χ1n) is 8.76. The maximum Gasteiger partial charge on any atom is 0.221 e. The summed E-state index contributed by atoms with van der Waals surface area (Å²) in [6, 6.07) is 16.1. The lowest BCUT2D eigenvalue weighted by atomic mass is 9.97. The van der Waals surface area contributed by atoms with E-state index in [1.165, 1.54) is 11.1 Å². The van der Waals surface area contributed by atoms with Crippen molar-refractivity contribution in [3.05, 3.63) is 71.8 Å². The normalized spacial score (nSPS) is 14.0. The van der Waals surface area contributed by atoms with Crippen molar-refractivity contribution in [2.45, 2.75) is 26.4 Å². The third-order valence-electron chi connectivity index (χ3n) is 4.58. The minimum absolute atomic E-state index is 0.0310.